The molecule has 0 saturated heterocycles. The Kier molecular flexibility index (Phi) is 6.84. The van der Waals surface area contributed by atoms with Crippen LogP contribution in [-0.2, 0) is 22.7 Å². The van der Waals surface area contributed by atoms with Gasteiger partial charge in [-0.25, -0.2) is 18.4 Å². The van der Waals surface area contributed by atoms with Crippen LogP contribution >= 0.6 is 0 Å². The molecule has 1 aromatic heterocycles. The van der Waals surface area contributed by atoms with Crippen molar-refractivity contribution in [1.29, 1.82) is 0 Å². The molecule has 7 nitrogen and oxygen atoms in total. The van der Waals surface area contributed by atoms with Gasteiger partial charge in [-0.05, 0) is 54.2 Å². The number of rotatable bonds is 9. The molecule has 1 fully saturated rings. The minimum absolute atomic E-state index is 0.0391. The van der Waals surface area contributed by atoms with Gasteiger partial charge in [0.15, 0.2) is 11.6 Å². The van der Waals surface area contributed by atoms with Crippen LogP contribution in [0.5, 0.6) is 0 Å². The zero-order valence-corrected chi connectivity index (χ0v) is 19.4. The first-order valence-electron chi connectivity index (χ1n) is 10.7. The van der Waals surface area contributed by atoms with Crippen LogP contribution in [0.4, 0.5) is 34.9 Å². The van der Waals surface area contributed by atoms with Gasteiger partial charge in [-0.1, -0.05) is 24.3 Å². The van der Waals surface area contributed by atoms with Crippen molar-refractivity contribution >= 4 is 27.3 Å². The molecule has 0 amide bonds. The third-order valence-corrected chi connectivity index (χ3v) is 6.10. The second kappa shape index (κ2) is 9.68. The highest BCUT2D eigenvalue weighted by Gasteiger charge is 2.35. The van der Waals surface area contributed by atoms with Crippen molar-refractivity contribution in [3.05, 3.63) is 77.4 Å². The lowest BCUT2D eigenvalue weighted by Gasteiger charge is -2.21. The average Bonchev–Trinajstić information content (AvgIpc) is 3.62. The molecule has 1 unspecified atom stereocenters. The van der Waals surface area contributed by atoms with E-state index in [2.05, 4.69) is 25.3 Å². The van der Waals surface area contributed by atoms with E-state index in [4.69, 9.17) is 0 Å². The molecule has 0 radical (unpaired) electrons. The molecule has 186 valence electrons. The molecule has 1 heterocycles. The summed E-state index contributed by atoms with van der Waals surface area (Å²) < 4.78 is 78.8. The minimum atomic E-state index is -4.43. The molecule has 35 heavy (non-hydrogen) atoms. The van der Waals surface area contributed by atoms with Crippen LogP contribution in [0.25, 0.3) is 0 Å². The highest BCUT2D eigenvalue weighted by atomic mass is 32.2. The molecule has 0 aliphatic heterocycles. The largest absolute Gasteiger partial charge is 0.416 e. The average molecular weight is 510 g/mol. The molecule has 3 aromatic rings. The van der Waals surface area contributed by atoms with Gasteiger partial charge in [0.1, 0.15) is 6.33 Å². The van der Waals surface area contributed by atoms with Gasteiger partial charge in [-0.2, -0.15) is 17.6 Å². The Morgan fingerprint density at radius 2 is 1.63 bits per heavy atom. The van der Waals surface area contributed by atoms with E-state index in [-0.39, 0.29) is 30.1 Å². The number of hydrogen-bond acceptors (Lipinski definition) is 6. The van der Waals surface area contributed by atoms with Crippen molar-refractivity contribution in [2.24, 2.45) is 5.92 Å². The Labute approximate surface area is 200 Å². The summed E-state index contributed by atoms with van der Waals surface area (Å²) in [6.45, 7) is 0.220. The van der Waals surface area contributed by atoms with Gasteiger partial charge >= 0.3 is 6.18 Å². The highest BCUT2D eigenvalue weighted by molar-refractivity contribution is 7.92. The second-order valence-corrected chi connectivity index (χ2v) is 10.1. The molecule has 0 bridgehead atoms. The van der Waals surface area contributed by atoms with E-state index in [0.29, 0.717) is 11.3 Å². The monoisotopic (exact) mass is 509 g/mol. The summed E-state index contributed by atoms with van der Waals surface area (Å²) >= 11 is 0. The molecule has 12 heteroatoms. The molecule has 3 N–H and O–H groups in total. The van der Waals surface area contributed by atoms with Gasteiger partial charge in [-0.15, -0.1) is 0 Å². The van der Waals surface area contributed by atoms with Gasteiger partial charge in [0.2, 0.25) is 15.8 Å². The van der Waals surface area contributed by atoms with Gasteiger partial charge in [0, 0.05) is 12.2 Å². The predicted molar refractivity (Wildman–Crippen MR) is 125 cm³/mol. The van der Waals surface area contributed by atoms with E-state index in [1.54, 1.807) is 24.3 Å². The molecule has 1 aliphatic carbocycles. The Balaban J connectivity index is 1.45. The van der Waals surface area contributed by atoms with Crippen LogP contribution in [0.15, 0.2) is 54.9 Å². The fraction of sp³-hybridized carbons (Fsp3) is 0.304. The van der Waals surface area contributed by atoms with Gasteiger partial charge < -0.3 is 10.6 Å². The van der Waals surface area contributed by atoms with Crippen molar-refractivity contribution in [2.45, 2.75) is 31.6 Å². The molecule has 1 atom stereocenters. The second-order valence-electron chi connectivity index (χ2n) is 8.39. The number of anilines is 3. The molecule has 2 aromatic carbocycles. The molecule has 0 spiro atoms. The first kappa shape index (κ1) is 24.7. The Morgan fingerprint density at radius 1 is 1.00 bits per heavy atom. The van der Waals surface area contributed by atoms with Crippen LogP contribution in [0, 0.1) is 11.7 Å². The van der Waals surface area contributed by atoms with E-state index in [0.717, 1.165) is 36.8 Å². The number of alkyl halides is 3. The number of benzene rings is 2. The molecular weight excluding hydrogens is 486 g/mol. The standard InChI is InChI=1S/C23H23F4N5O2S/c1-35(33,34)32-18-10-2-14(3-11-18)12-28-21-19(24)22(30-13-29-21)31-20(15-4-5-15)16-6-8-17(9-7-16)23(25,26)27/h2-3,6-11,13,15,20,32H,4-5,12H2,1H3,(H2,28,29,30,31). The lowest BCUT2D eigenvalue weighted by atomic mass is 10.0. The number of hydrogen-bond donors (Lipinski definition) is 3. The number of nitrogens with zero attached hydrogens (tertiary/aromatic N) is 2. The third-order valence-electron chi connectivity index (χ3n) is 5.49. The van der Waals surface area contributed by atoms with E-state index in [1.807, 2.05) is 0 Å². The summed E-state index contributed by atoms with van der Waals surface area (Å²) in [7, 11) is -3.39. The van der Waals surface area contributed by atoms with Crippen LogP contribution in [0.3, 0.4) is 0 Å². The summed E-state index contributed by atoms with van der Waals surface area (Å²) in [5.74, 6) is -0.633. The Morgan fingerprint density at radius 3 is 2.20 bits per heavy atom. The van der Waals surface area contributed by atoms with Crippen molar-refractivity contribution in [3.63, 3.8) is 0 Å². The van der Waals surface area contributed by atoms with Crippen molar-refractivity contribution in [2.75, 3.05) is 21.6 Å². The quantitative estimate of drug-likeness (QED) is 0.344. The van der Waals surface area contributed by atoms with E-state index in [9.17, 15) is 21.6 Å². The summed E-state index contributed by atoms with van der Waals surface area (Å²) in [5.41, 5.74) is 1.05. The molecule has 1 saturated carbocycles. The maximum absolute atomic E-state index is 15.1. The first-order chi connectivity index (χ1) is 16.5. The maximum atomic E-state index is 15.1. The zero-order valence-electron chi connectivity index (χ0n) is 18.6. The minimum Gasteiger partial charge on any atom is -0.363 e. The summed E-state index contributed by atoms with van der Waals surface area (Å²) in [6.07, 6.45) is -0.423. The number of sulfonamides is 1. The Bertz CT molecular complexity index is 1280. The lowest BCUT2D eigenvalue weighted by Crippen LogP contribution is -2.16. The molecular formula is C23H23F4N5O2S. The van der Waals surface area contributed by atoms with Crippen molar-refractivity contribution in [3.8, 4) is 0 Å². The van der Waals surface area contributed by atoms with Crippen LogP contribution in [-0.4, -0.2) is 24.6 Å². The Hall–Kier alpha value is -3.41. The van der Waals surface area contributed by atoms with Crippen molar-refractivity contribution < 1.29 is 26.0 Å². The van der Waals surface area contributed by atoms with Gasteiger partial charge in [0.25, 0.3) is 0 Å². The number of aromatic nitrogens is 2. The summed E-state index contributed by atoms with van der Waals surface area (Å²) in [6, 6.07) is 11.0. The number of halogens is 4. The van der Waals surface area contributed by atoms with E-state index >= 15 is 4.39 Å². The topological polar surface area (TPSA) is 96.0 Å². The van der Waals surface area contributed by atoms with Crippen molar-refractivity contribution in [1.82, 2.24) is 9.97 Å². The van der Waals surface area contributed by atoms with Crippen LogP contribution in [0.1, 0.15) is 35.6 Å². The summed E-state index contributed by atoms with van der Waals surface area (Å²) in [5, 5.41) is 5.93. The SMILES string of the molecule is CS(=O)(=O)Nc1ccc(CNc2ncnc(NC(c3ccc(C(F)(F)F)cc3)C3CC3)c2F)cc1. The fourth-order valence-electron chi connectivity index (χ4n) is 3.61. The molecule has 1 aliphatic rings. The van der Waals surface area contributed by atoms with Crippen LogP contribution in [0.2, 0.25) is 0 Å². The van der Waals surface area contributed by atoms with Gasteiger partial charge in [0.05, 0.1) is 17.9 Å². The number of nitrogens with one attached hydrogen (secondary N) is 3. The first-order valence-corrected chi connectivity index (χ1v) is 12.6. The maximum Gasteiger partial charge on any atom is 0.416 e. The zero-order chi connectivity index (χ0) is 25.2. The van der Waals surface area contributed by atoms with Crippen LogP contribution < -0.4 is 15.4 Å². The van der Waals surface area contributed by atoms with Gasteiger partial charge in [-0.3, -0.25) is 4.72 Å². The molecule has 4 rings (SSSR count). The normalized spacial score (nSPS) is 14.9. The highest BCUT2D eigenvalue weighted by Crippen LogP contribution is 2.43. The fourth-order valence-corrected chi connectivity index (χ4v) is 4.18. The predicted octanol–water partition coefficient (Wildman–Crippen LogP) is 5.18. The lowest BCUT2D eigenvalue weighted by molar-refractivity contribution is -0.137. The van der Waals surface area contributed by atoms with E-state index < -0.39 is 27.6 Å². The third kappa shape index (κ3) is 6.59. The summed E-state index contributed by atoms with van der Waals surface area (Å²) in [4.78, 5) is 7.93. The van der Waals surface area contributed by atoms with E-state index in [1.165, 1.54) is 18.5 Å². The smallest absolute Gasteiger partial charge is 0.363 e.